The van der Waals surface area contributed by atoms with E-state index in [1.54, 1.807) is 29.2 Å². The third-order valence-corrected chi connectivity index (χ3v) is 4.51. The van der Waals surface area contributed by atoms with Gasteiger partial charge in [-0.05, 0) is 30.3 Å². The molecule has 4 rings (SSSR count). The van der Waals surface area contributed by atoms with Crippen LogP contribution in [0.25, 0.3) is 0 Å². The number of phenols is 1. The fourth-order valence-electron chi connectivity index (χ4n) is 3.25. The highest BCUT2D eigenvalue weighted by molar-refractivity contribution is 6.12. The van der Waals surface area contributed by atoms with E-state index in [4.69, 9.17) is 4.74 Å². The van der Waals surface area contributed by atoms with Crippen LogP contribution in [0, 0.1) is 0 Å². The van der Waals surface area contributed by atoms with Crippen molar-refractivity contribution in [2.24, 2.45) is 0 Å². The van der Waals surface area contributed by atoms with E-state index in [9.17, 15) is 9.90 Å². The molecule has 0 aliphatic carbocycles. The van der Waals surface area contributed by atoms with Gasteiger partial charge in [0.25, 0.3) is 5.91 Å². The van der Waals surface area contributed by atoms with Gasteiger partial charge in [0.2, 0.25) is 0 Å². The zero-order valence-electron chi connectivity index (χ0n) is 14.2. The van der Waals surface area contributed by atoms with Gasteiger partial charge in [-0.1, -0.05) is 42.5 Å². The fraction of sp³-hybridized carbons (Fsp3) is 0.0952. The highest BCUT2D eigenvalue weighted by Gasteiger charge is 2.35. The Hall–Kier alpha value is -3.47. The van der Waals surface area contributed by atoms with Crippen LogP contribution in [0.5, 0.6) is 11.5 Å². The summed E-state index contributed by atoms with van der Waals surface area (Å²) >= 11 is 0. The Balaban J connectivity index is 1.90. The molecule has 130 valence electrons. The SMILES string of the molecule is COc1cccc([C@H]2Nc3ccccc3C(=O)N2c2ccccc2)c1O. The molecule has 3 aromatic rings. The van der Waals surface area contributed by atoms with Gasteiger partial charge in [0.15, 0.2) is 11.5 Å². The van der Waals surface area contributed by atoms with Gasteiger partial charge in [0.1, 0.15) is 6.17 Å². The molecular weight excluding hydrogens is 328 g/mol. The van der Waals surface area contributed by atoms with Gasteiger partial charge in [-0.25, -0.2) is 0 Å². The van der Waals surface area contributed by atoms with Crippen LogP contribution in [0.15, 0.2) is 72.8 Å². The largest absolute Gasteiger partial charge is 0.504 e. The highest BCUT2D eigenvalue weighted by Crippen LogP contribution is 2.41. The quantitative estimate of drug-likeness (QED) is 0.747. The summed E-state index contributed by atoms with van der Waals surface area (Å²) in [5.41, 5.74) is 2.63. The molecule has 2 N–H and O–H groups in total. The van der Waals surface area contributed by atoms with Crippen molar-refractivity contribution < 1.29 is 14.6 Å². The van der Waals surface area contributed by atoms with Crippen molar-refractivity contribution in [1.29, 1.82) is 0 Å². The second-order valence-electron chi connectivity index (χ2n) is 6.00. The van der Waals surface area contributed by atoms with Crippen LogP contribution in [0.2, 0.25) is 0 Å². The molecule has 5 nitrogen and oxygen atoms in total. The lowest BCUT2D eigenvalue weighted by Crippen LogP contribution is -2.43. The molecule has 5 heteroatoms. The van der Waals surface area contributed by atoms with Crippen LogP contribution in [0.3, 0.4) is 0 Å². The first kappa shape index (κ1) is 16.0. The van der Waals surface area contributed by atoms with Crippen LogP contribution in [-0.4, -0.2) is 18.1 Å². The summed E-state index contributed by atoms with van der Waals surface area (Å²) in [4.78, 5) is 14.9. The number of anilines is 2. The molecule has 1 atom stereocenters. The third kappa shape index (κ3) is 2.54. The minimum Gasteiger partial charge on any atom is -0.504 e. The Bertz CT molecular complexity index is 956. The number of carbonyl (C=O) groups excluding carboxylic acids is 1. The Morgan fingerprint density at radius 3 is 2.46 bits per heavy atom. The lowest BCUT2D eigenvalue weighted by atomic mass is 10.0. The van der Waals surface area contributed by atoms with E-state index in [0.717, 1.165) is 11.4 Å². The second-order valence-corrected chi connectivity index (χ2v) is 6.00. The van der Waals surface area contributed by atoms with Crippen molar-refractivity contribution in [3.05, 3.63) is 83.9 Å². The number of para-hydroxylation sites is 3. The fourth-order valence-corrected chi connectivity index (χ4v) is 3.25. The second kappa shape index (κ2) is 6.44. The zero-order valence-corrected chi connectivity index (χ0v) is 14.2. The molecule has 1 amide bonds. The number of rotatable bonds is 3. The first-order valence-corrected chi connectivity index (χ1v) is 8.30. The molecule has 0 spiro atoms. The Morgan fingerprint density at radius 1 is 0.962 bits per heavy atom. The Labute approximate surface area is 151 Å². The molecule has 0 aromatic heterocycles. The van der Waals surface area contributed by atoms with E-state index >= 15 is 0 Å². The topological polar surface area (TPSA) is 61.8 Å². The summed E-state index contributed by atoms with van der Waals surface area (Å²) in [6.45, 7) is 0. The first-order chi connectivity index (χ1) is 12.7. The average molecular weight is 346 g/mol. The van der Waals surface area contributed by atoms with E-state index in [1.807, 2.05) is 48.5 Å². The number of fused-ring (bicyclic) bond motifs is 1. The van der Waals surface area contributed by atoms with Crippen molar-refractivity contribution >= 4 is 17.3 Å². The maximum Gasteiger partial charge on any atom is 0.262 e. The average Bonchev–Trinajstić information content (AvgIpc) is 2.69. The number of methoxy groups -OCH3 is 1. The van der Waals surface area contributed by atoms with Gasteiger partial charge < -0.3 is 15.2 Å². The molecule has 3 aromatic carbocycles. The summed E-state index contributed by atoms with van der Waals surface area (Å²) in [6, 6.07) is 22.0. The predicted molar refractivity (Wildman–Crippen MR) is 101 cm³/mol. The number of phenolic OH excluding ortho intramolecular Hbond substituents is 1. The number of hydrogen-bond donors (Lipinski definition) is 2. The number of hydrogen-bond acceptors (Lipinski definition) is 4. The molecule has 0 saturated carbocycles. The number of nitrogens with zero attached hydrogens (tertiary/aromatic N) is 1. The number of benzene rings is 3. The zero-order chi connectivity index (χ0) is 18.1. The summed E-state index contributed by atoms with van der Waals surface area (Å²) in [7, 11) is 1.50. The van der Waals surface area contributed by atoms with E-state index < -0.39 is 6.17 Å². The van der Waals surface area contributed by atoms with Gasteiger partial charge >= 0.3 is 0 Å². The number of nitrogens with one attached hydrogen (secondary N) is 1. The van der Waals surface area contributed by atoms with Gasteiger partial charge in [-0.15, -0.1) is 0 Å². The molecule has 26 heavy (non-hydrogen) atoms. The standard InChI is InChI=1S/C21H18N2O3/c1-26-18-13-7-11-16(19(18)24)20-22-17-12-6-5-10-15(17)21(25)23(20)14-8-3-2-4-9-14/h2-13,20,22,24H,1H3/t20-/m0/s1. The van der Waals surface area contributed by atoms with E-state index in [1.165, 1.54) is 7.11 Å². The van der Waals surface area contributed by atoms with Crippen molar-refractivity contribution in [2.45, 2.75) is 6.17 Å². The molecule has 0 unspecified atom stereocenters. The van der Waals surface area contributed by atoms with Crippen LogP contribution in [0.4, 0.5) is 11.4 Å². The highest BCUT2D eigenvalue weighted by atomic mass is 16.5. The van der Waals surface area contributed by atoms with E-state index in [2.05, 4.69) is 5.32 Å². The summed E-state index contributed by atoms with van der Waals surface area (Å²) in [5, 5.41) is 14.0. The van der Waals surface area contributed by atoms with Crippen molar-refractivity contribution in [1.82, 2.24) is 0 Å². The maximum absolute atomic E-state index is 13.2. The molecule has 0 bridgehead atoms. The number of ether oxygens (including phenoxy) is 1. The molecule has 0 fully saturated rings. The lowest BCUT2D eigenvalue weighted by Gasteiger charge is -2.38. The van der Waals surface area contributed by atoms with Crippen LogP contribution in [-0.2, 0) is 0 Å². The Kier molecular flexibility index (Phi) is 3.97. The molecule has 1 aliphatic rings. The summed E-state index contributed by atoms with van der Waals surface area (Å²) < 4.78 is 5.23. The molecule has 0 radical (unpaired) electrons. The molecule has 1 heterocycles. The van der Waals surface area contributed by atoms with Gasteiger partial charge in [0.05, 0.1) is 12.7 Å². The molecule has 0 saturated heterocycles. The summed E-state index contributed by atoms with van der Waals surface area (Å²) in [5.74, 6) is 0.252. The van der Waals surface area contributed by atoms with Gasteiger partial charge in [0, 0.05) is 16.9 Å². The van der Waals surface area contributed by atoms with Crippen molar-refractivity contribution in [3.63, 3.8) is 0 Å². The number of aromatic hydroxyl groups is 1. The molecular formula is C21H18N2O3. The first-order valence-electron chi connectivity index (χ1n) is 8.30. The predicted octanol–water partition coefficient (Wildman–Crippen LogP) is 4.17. The monoisotopic (exact) mass is 346 g/mol. The van der Waals surface area contributed by atoms with Crippen LogP contribution < -0.4 is 15.0 Å². The third-order valence-electron chi connectivity index (χ3n) is 4.51. The lowest BCUT2D eigenvalue weighted by molar-refractivity contribution is 0.0974. The minimum atomic E-state index is -0.560. The maximum atomic E-state index is 13.2. The Morgan fingerprint density at radius 2 is 1.69 bits per heavy atom. The van der Waals surface area contributed by atoms with Crippen molar-refractivity contribution in [3.8, 4) is 11.5 Å². The van der Waals surface area contributed by atoms with E-state index in [0.29, 0.717) is 16.9 Å². The van der Waals surface area contributed by atoms with Crippen molar-refractivity contribution in [2.75, 3.05) is 17.3 Å². The molecule has 1 aliphatic heterocycles. The number of amides is 1. The van der Waals surface area contributed by atoms with Gasteiger partial charge in [-0.3, -0.25) is 9.69 Å². The van der Waals surface area contributed by atoms with Crippen LogP contribution >= 0.6 is 0 Å². The normalized spacial score (nSPS) is 16.0. The number of carbonyl (C=O) groups is 1. The van der Waals surface area contributed by atoms with E-state index in [-0.39, 0.29) is 11.7 Å². The summed E-state index contributed by atoms with van der Waals surface area (Å²) in [6.07, 6.45) is -0.560. The van der Waals surface area contributed by atoms with Crippen LogP contribution in [0.1, 0.15) is 22.1 Å². The van der Waals surface area contributed by atoms with Gasteiger partial charge in [-0.2, -0.15) is 0 Å². The smallest absolute Gasteiger partial charge is 0.262 e. The minimum absolute atomic E-state index is 0.0145.